The minimum Gasteiger partial charge on any atom is -0.457 e. The van der Waals surface area contributed by atoms with Crippen LogP contribution in [0.15, 0.2) is 97.1 Å². The maximum Gasteiger partial charge on any atom is 0.271 e. The number of amides is 2. The fraction of sp³-hybridized carbons (Fsp3) is 0.0938. The van der Waals surface area contributed by atoms with E-state index >= 15 is 0 Å². The molecule has 3 N–H and O–H groups in total. The molecule has 11 heteroatoms. The quantitative estimate of drug-likeness (QED) is 0.162. The second-order valence-corrected chi connectivity index (χ2v) is 9.52. The largest absolute Gasteiger partial charge is 0.457 e. The first-order valence-corrected chi connectivity index (χ1v) is 13.2. The number of aromatic amines is 1. The number of carbonyl (C=O) groups is 3. The Balaban J connectivity index is 1.32. The predicted molar refractivity (Wildman–Crippen MR) is 156 cm³/mol. The van der Waals surface area contributed by atoms with Crippen molar-refractivity contribution in [3.05, 3.63) is 120 Å². The number of rotatable bonds is 11. The van der Waals surface area contributed by atoms with Crippen LogP contribution in [0.25, 0.3) is 10.9 Å². The van der Waals surface area contributed by atoms with Gasteiger partial charge >= 0.3 is 0 Å². The summed E-state index contributed by atoms with van der Waals surface area (Å²) < 4.78 is 46.5. The van der Waals surface area contributed by atoms with Crippen LogP contribution >= 0.6 is 0 Å². The lowest BCUT2D eigenvalue weighted by molar-refractivity contribution is -0.118. The zero-order valence-electron chi connectivity index (χ0n) is 22.5. The summed E-state index contributed by atoms with van der Waals surface area (Å²) in [5, 5.41) is 6.22. The van der Waals surface area contributed by atoms with Gasteiger partial charge in [0, 0.05) is 29.4 Å². The van der Waals surface area contributed by atoms with E-state index in [1.807, 2.05) is 18.2 Å². The molecule has 0 bridgehead atoms. The third-order valence-corrected chi connectivity index (χ3v) is 6.52. The fourth-order valence-electron chi connectivity index (χ4n) is 4.38. The van der Waals surface area contributed by atoms with Gasteiger partial charge in [-0.05, 0) is 60.7 Å². The Hall–Kier alpha value is -5.58. The Labute approximate surface area is 244 Å². The number of hydrogen-bond acceptors (Lipinski definition) is 5. The molecular weight excluding hydrogens is 561 g/mol. The van der Waals surface area contributed by atoms with E-state index in [9.17, 15) is 27.6 Å². The molecule has 0 spiro atoms. The number of carbonyl (C=O) groups excluding carboxylic acids is 3. The number of aldehydes is 1. The number of benzene rings is 4. The molecule has 1 atom stereocenters. The molecule has 8 nitrogen and oxygen atoms in total. The van der Waals surface area contributed by atoms with Crippen molar-refractivity contribution in [3.8, 4) is 11.5 Å². The molecule has 1 heterocycles. The summed E-state index contributed by atoms with van der Waals surface area (Å²) in [6.45, 7) is -0.485. The summed E-state index contributed by atoms with van der Waals surface area (Å²) in [4.78, 5) is 42.8. The number of para-hydroxylation sites is 2. The Bertz CT molecular complexity index is 1760. The highest BCUT2D eigenvalue weighted by atomic mass is 19.2. The first-order chi connectivity index (χ1) is 20.8. The predicted octanol–water partition coefficient (Wildman–Crippen LogP) is 6.14. The monoisotopic (exact) mass is 586 g/mol. The number of halogens is 3. The standard InChI is InChI=1S/C32H25F3N4O4/c33-26-14-13-25(16-28(26)35)43-24-11-9-22(10-12-24)37-30(41)18-39(23(19-40)17-36-21-6-2-1-3-7-21)32(42)29-15-20-5-4-8-27(34)31(20)38-29/h1-16,19,23,36,38H,17-18H2,(H,37,41). The van der Waals surface area contributed by atoms with Crippen molar-refractivity contribution >= 4 is 40.4 Å². The van der Waals surface area contributed by atoms with Crippen molar-refractivity contribution in [2.45, 2.75) is 6.04 Å². The lowest BCUT2D eigenvalue weighted by Crippen LogP contribution is -2.48. The zero-order chi connectivity index (χ0) is 30.3. The van der Waals surface area contributed by atoms with Gasteiger partial charge in [-0.2, -0.15) is 0 Å². The first-order valence-electron chi connectivity index (χ1n) is 13.2. The number of aromatic nitrogens is 1. The van der Waals surface area contributed by atoms with Crippen LogP contribution in [0.3, 0.4) is 0 Å². The van der Waals surface area contributed by atoms with Gasteiger partial charge in [-0.1, -0.05) is 30.3 Å². The number of nitrogens with one attached hydrogen (secondary N) is 3. The van der Waals surface area contributed by atoms with Crippen LogP contribution in [0, 0.1) is 17.5 Å². The van der Waals surface area contributed by atoms with Gasteiger partial charge in [0.2, 0.25) is 5.91 Å². The number of anilines is 2. The van der Waals surface area contributed by atoms with E-state index in [2.05, 4.69) is 15.6 Å². The number of nitrogens with zero attached hydrogens (tertiary/aromatic N) is 1. The second-order valence-electron chi connectivity index (χ2n) is 9.52. The Kier molecular flexibility index (Phi) is 8.71. The minimum atomic E-state index is -1.05. The Morgan fingerprint density at radius 2 is 1.56 bits per heavy atom. The molecule has 2 amide bonds. The highest BCUT2D eigenvalue weighted by Gasteiger charge is 2.28. The Morgan fingerprint density at radius 3 is 2.26 bits per heavy atom. The van der Waals surface area contributed by atoms with Crippen molar-refractivity contribution in [2.75, 3.05) is 23.7 Å². The van der Waals surface area contributed by atoms with E-state index in [4.69, 9.17) is 4.74 Å². The van der Waals surface area contributed by atoms with Gasteiger partial charge in [0.25, 0.3) is 5.91 Å². The zero-order valence-corrected chi connectivity index (χ0v) is 22.5. The van der Waals surface area contributed by atoms with Crippen LogP contribution < -0.4 is 15.4 Å². The molecule has 5 rings (SSSR count). The van der Waals surface area contributed by atoms with Gasteiger partial charge in [0.05, 0.1) is 5.52 Å². The molecule has 5 aromatic rings. The van der Waals surface area contributed by atoms with Crippen LogP contribution in [0.1, 0.15) is 10.5 Å². The van der Waals surface area contributed by atoms with E-state index in [1.54, 1.807) is 18.2 Å². The van der Waals surface area contributed by atoms with Crippen LogP contribution in [-0.2, 0) is 9.59 Å². The maximum absolute atomic E-state index is 14.3. The molecule has 1 aromatic heterocycles. The molecule has 0 aliphatic rings. The SMILES string of the molecule is O=CC(CNc1ccccc1)N(CC(=O)Nc1ccc(Oc2ccc(F)c(F)c2)cc1)C(=O)c1cc2cccc(F)c2[nH]1. The third kappa shape index (κ3) is 7.02. The summed E-state index contributed by atoms with van der Waals surface area (Å²) in [5.74, 6) is -3.47. The van der Waals surface area contributed by atoms with Crippen LogP contribution in [0.4, 0.5) is 24.5 Å². The van der Waals surface area contributed by atoms with Gasteiger partial charge < -0.3 is 30.0 Å². The van der Waals surface area contributed by atoms with Gasteiger partial charge in [0.15, 0.2) is 11.6 Å². The summed E-state index contributed by atoms with van der Waals surface area (Å²) in [5.41, 5.74) is 1.21. The van der Waals surface area contributed by atoms with Crippen LogP contribution in [0.2, 0.25) is 0 Å². The molecule has 43 heavy (non-hydrogen) atoms. The molecule has 0 aliphatic heterocycles. The molecule has 0 radical (unpaired) electrons. The van der Waals surface area contributed by atoms with E-state index < -0.39 is 41.9 Å². The average Bonchev–Trinajstić information content (AvgIpc) is 3.46. The highest BCUT2D eigenvalue weighted by Crippen LogP contribution is 2.25. The van der Waals surface area contributed by atoms with Crippen molar-refractivity contribution < 1.29 is 32.3 Å². The smallest absolute Gasteiger partial charge is 0.271 e. The summed E-state index contributed by atoms with van der Waals surface area (Å²) in [7, 11) is 0. The lowest BCUT2D eigenvalue weighted by Gasteiger charge is -2.28. The first kappa shape index (κ1) is 28.9. The van der Waals surface area contributed by atoms with Crippen LogP contribution in [-0.4, -0.2) is 47.1 Å². The topological polar surface area (TPSA) is 104 Å². The number of H-pyrrole nitrogens is 1. The third-order valence-electron chi connectivity index (χ3n) is 6.52. The summed E-state index contributed by atoms with van der Waals surface area (Å²) >= 11 is 0. The molecular formula is C32H25F3N4O4. The molecule has 218 valence electrons. The van der Waals surface area contributed by atoms with Gasteiger partial charge in [0.1, 0.15) is 41.9 Å². The minimum absolute atomic E-state index is 0.0111. The maximum atomic E-state index is 14.3. The lowest BCUT2D eigenvalue weighted by atomic mass is 10.2. The van der Waals surface area contributed by atoms with Gasteiger partial charge in [-0.25, -0.2) is 13.2 Å². The van der Waals surface area contributed by atoms with E-state index in [0.29, 0.717) is 28.8 Å². The number of hydrogen-bond donors (Lipinski definition) is 3. The number of ether oxygens (including phenoxy) is 1. The molecule has 4 aromatic carbocycles. The molecule has 0 saturated heterocycles. The fourth-order valence-corrected chi connectivity index (χ4v) is 4.38. The summed E-state index contributed by atoms with van der Waals surface area (Å²) in [6.07, 6.45) is 0.564. The van der Waals surface area contributed by atoms with Crippen molar-refractivity contribution in [2.24, 2.45) is 0 Å². The van der Waals surface area contributed by atoms with Crippen molar-refractivity contribution in [3.63, 3.8) is 0 Å². The number of fused-ring (bicyclic) bond motifs is 1. The van der Waals surface area contributed by atoms with Gasteiger partial charge in [-0.3, -0.25) is 9.59 Å². The van der Waals surface area contributed by atoms with E-state index in [0.717, 1.165) is 17.0 Å². The van der Waals surface area contributed by atoms with Crippen molar-refractivity contribution in [1.29, 1.82) is 0 Å². The molecule has 0 aliphatic carbocycles. The Morgan fingerprint density at radius 1 is 0.814 bits per heavy atom. The average molecular weight is 587 g/mol. The summed E-state index contributed by atoms with van der Waals surface area (Å²) in [6, 6.07) is 23.0. The second kappa shape index (κ2) is 12.9. The molecule has 0 fully saturated rings. The molecule has 1 unspecified atom stereocenters. The van der Waals surface area contributed by atoms with E-state index in [-0.39, 0.29) is 23.5 Å². The van der Waals surface area contributed by atoms with E-state index in [1.165, 1.54) is 48.5 Å². The molecule has 0 saturated carbocycles. The van der Waals surface area contributed by atoms with Crippen LogP contribution in [0.5, 0.6) is 11.5 Å². The highest BCUT2D eigenvalue weighted by molar-refractivity contribution is 6.02. The van der Waals surface area contributed by atoms with Crippen molar-refractivity contribution in [1.82, 2.24) is 9.88 Å². The normalized spacial score (nSPS) is 11.5. The van der Waals surface area contributed by atoms with Gasteiger partial charge in [-0.15, -0.1) is 0 Å².